The molecule has 0 fully saturated rings. The van der Waals surface area contributed by atoms with Gasteiger partial charge in [-0.2, -0.15) is 0 Å². The fourth-order valence-corrected chi connectivity index (χ4v) is 1.32. The first-order valence-electron chi connectivity index (χ1n) is 5.97. The molecule has 0 aliphatic carbocycles. The van der Waals surface area contributed by atoms with E-state index in [9.17, 15) is 4.79 Å². The van der Waals surface area contributed by atoms with E-state index in [4.69, 9.17) is 5.11 Å². The minimum atomic E-state index is -0.914. The molecule has 100 valence electrons. The average molecular weight is 252 g/mol. The number of aliphatic carboxylic acids is 1. The van der Waals surface area contributed by atoms with Crippen LogP contribution in [-0.2, 0) is 4.79 Å². The smallest absolute Gasteiger partial charge is 0.325 e. The summed E-state index contributed by atoms with van der Waals surface area (Å²) < 4.78 is 0. The van der Waals surface area contributed by atoms with E-state index in [1.165, 1.54) is 0 Å². The molecule has 0 aliphatic heterocycles. The largest absolute Gasteiger partial charge is 0.480 e. The second-order valence-corrected chi connectivity index (χ2v) is 4.66. The van der Waals surface area contributed by atoms with E-state index in [-0.39, 0.29) is 0 Å². The highest BCUT2D eigenvalue weighted by atomic mass is 16.4. The molecule has 0 bridgehead atoms. The van der Waals surface area contributed by atoms with Crippen molar-refractivity contribution in [3.8, 4) is 0 Å². The van der Waals surface area contributed by atoms with Gasteiger partial charge >= 0.3 is 5.97 Å². The first-order chi connectivity index (χ1) is 8.38. The van der Waals surface area contributed by atoms with Crippen molar-refractivity contribution in [3.63, 3.8) is 0 Å². The van der Waals surface area contributed by atoms with Crippen LogP contribution >= 0.6 is 0 Å². The van der Waals surface area contributed by atoms with E-state index in [1.807, 2.05) is 0 Å². The molecule has 0 radical (unpaired) electrons. The van der Waals surface area contributed by atoms with Crippen LogP contribution in [0.25, 0.3) is 0 Å². The van der Waals surface area contributed by atoms with Crippen molar-refractivity contribution in [3.05, 3.63) is 11.9 Å². The summed E-state index contributed by atoms with van der Waals surface area (Å²) in [7, 11) is 0. The molecule has 0 amide bonds. The minimum Gasteiger partial charge on any atom is -0.480 e. The standard InChI is InChI=1S/C12H20N4O2/c1-7(2)6-13-10-5-11(16-9(4)15-10)14-8(3)12(17)18/h5,7-8H,6H2,1-4H3,(H,17,18)(H2,13,14,15,16). The summed E-state index contributed by atoms with van der Waals surface area (Å²) in [4.78, 5) is 19.2. The van der Waals surface area contributed by atoms with Crippen molar-refractivity contribution in [1.82, 2.24) is 9.97 Å². The number of hydrogen-bond acceptors (Lipinski definition) is 5. The molecule has 1 aromatic rings. The Morgan fingerprint density at radius 1 is 1.33 bits per heavy atom. The lowest BCUT2D eigenvalue weighted by Crippen LogP contribution is -2.26. The number of aromatic nitrogens is 2. The molecule has 1 atom stereocenters. The van der Waals surface area contributed by atoms with Gasteiger partial charge in [-0.1, -0.05) is 13.8 Å². The monoisotopic (exact) mass is 252 g/mol. The van der Waals surface area contributed by atoms with Crippen LogP contribution in [0.1, 0.15) is 26.6 Å². The van der Waals surface area contributed by atoms with E-state index in [0.29, 0.717) is 23.4 Å². The fourth-order valence-electron chi connectivity index (χ4n) is 1.32. The number of anilines is 2. The summed E-state index contributed by atoms with van der Waals surface area (Å²) in [6.45, 7) is 8.36. The number of carboxylic acids is 1. The molecule has 1 unspecified atom stereocenters. The van der Waals surface area contributed by atoms with E-state index in [1.54, 1.807) is 19.9 Å². The van der Waals surface area contributed by atoms with Gasteiger partial charge in [-0.15, -0.1) is 0 Å². The molecule has 6 nitrogen and oxygen atoms in total. The molecule has 18 heavy (non-hydrogen) atoms. The third kappa shape index (κ3) is 4.57. The third-order valence-corrected chi connectivity index (χ3v) is 2.26. The van der Waals surface area contributed by atoms with Crippen molar-refractivity contribution in [1.29, 1.82) is 0 Å². The van der Waals surface area contributed by atoms with Gasteiger partial charge in [-0.25, -0.2) is 9.97 Å². The molecule has 1 rings (SSSR count). The quantitative estimate of drug-likeness (QED) is 0.715. The van der Waals surface area contributed by atoms with Crippen molar-refractivity contribution in [2.45, 2.75) is 33.7 Å². The Bertz CT molecular complexity index is 421. The van der Waals surface area contributed by atoms with Gasteiger partial charge in [0, 0.05) is 12.6 Å². The summed E-state index contributed by atoms with van der Waals surface area (Å²) >= 11 is 0. The number of nitrogens with zero attached hydrogens (tertiary/aromatic N) is 2. The van der Waals surface area contributed by atoms with Crippen LogP contribution in [0.3, 0.4) is 0 Å². The van der Waals surface area contributed by atoms with E-state index < -0.39 is 12.0 Å². The maximum Gasteiger partial charge on any atom is 0.325 e. The summed E-state index contributed by atoms with van der Waals surface area (Å²) in [5.74, 6) is 1.42. The molecule has 3 N–H and O–H groups in total. The van der Waals surface area contributed by atoms with Crippen molar-refractivity contribution in [2.75, 3.05) is 17.2 Å². The highest BCUT2D eigenvalue weighted by Gasteiger charge is 2.12. The van der Waals surface area contributed by atoms with Gasteiger partial charge in [0.1, 0.15) is 23.5 Å². The maximum absolute atomic E-state index is 10.8. The number of aryl methyl sites for hydroxylation is 1. The van der Waals surface area contributed by atoms with Gasteiger partial charge in [-0.3, -0.25) is 4.79 Å². The van der Waals surface area contributed by atoms with Gasteiger partial charge in [0.05, 0.1) is 0 Å². The number of carbonyl (C=O) groups is 1. The summed E-state index contributed by atoms with van der Waals surface area (Å²) in [5.41, 5.74) is 0. The predicted octanol–water partition coefficient (Wildman–Crippen LogP) is 1.74. The van der Waals surface area contributed by atoms with Gasteiger partial charge < -0.3 is 15.7 Å². The zero-order valence-electron chi connectivity index (χ0n) is 11.2. The SMILES string of the molecule is Cc1nc(NCC(C)C)cc(NC(C)C(=O)O)n1. The first kappa shape index (κ1) is 14.2. The molecular formula is C12H20N4O2. The van der Waals surface area contributed by atoms with E-state index in [0.717, 1.165) is 6.54 Å². The predicted molar refractivity (Wildman–Crippen MR) is 70.8 cm³/mol. The number of nitrogens with one attached hydrogen (secondary N) is 2. The van der Waals surface area contributed by atoms with Crippen LogP contribution in [0.4, 0.5) is 11.6 Å². The molecule has 0 aromatic carbocycles. The van der Waals surface area contributed by atoms with Crippen LogP contribution in [0, 0.1) is 12.8 Å². The lowest BCUT2D eigenvalue weighted by Gasteiger charge is -2.13. The molecule has 0 saturated heterocycles. The van der Waals surface area contributed by atoms with Crippen LogP contribution in [0.5, 0.6) is 0 Å². The molecule has 1 aromatic heterocycles. The highest BCUT2D eigenvalue weighted by molar-refractivity contribution is 5.76. The lowest BCUT2D eigenvalue weighted by molar-refractivity contribution is -0.137. The molecule has 0 saturated carbocycles. The van der Waals surface area contributed by atoms with Crippen LogP contribution in [0.15, 0.2) is 6.07 Å². The zero-order valence-corrected chi connectivity index (χ0v) is 11.2. The number of hydrogen-bond donors (Lipinski definition) is 3. The molecule has 0 spiro atoms. The summed E-state index contributed by atoms with van der Waals surface area (Å²) in [6, 6.07) is 1.03. The van der Waals surface area contributed by atoms with Crippen molar-refractivity contribution >= 4 is 17.6 Å². The highest BCUT2D eigenvalue weighted by Crippen LogP contribution is 2.12. The Morgan fingerprint density at radius 3 is 2.50 bits per heavy atom. The third-order valence-electron chi connectivity index (χ3n) is 2.26. The Balaban J connectivity index is 2.77. The second kappa shape index (κ2) is 6.18. The Morgan fingerprint density at radius 2 is 1.94 bits per heavy atom. The minimum absolute atomic E-state index is 0.509. The lowest BCUT2D eigenvalue weighted by atomic mass is 10.2. The van der Waals surface area contributed by atoms with E-state index in [2.05, 4.69) is 34.4 Å². The van der Waals surface area contributed by atoms with Crippen LogP contribution in [0.2, 0.25) is 0 Å². The summed E-state index contributed by atoms with van der Waals surface area (Å²) in [6.07, 6.45) is 0. The summed E-state index contributed by atoms with van der Waals surface area (Å²) in [5, 5.41) is 14.8. The van der Waals surface area contributed by atoms with E-state index >= 15 is 0 Å². The number of rotatable bonds is 6. The second-order valence-electron chi connectivity index (χ2n) is 4.66. The van der Waals surface area contributed by atoms with Crippen LogP contribution in [-0.4, -0.2) is 33.6 Å². The molecular weight excluding hydrogens is 232 g/mol. The van der Waals surface area contributed by atoms with Gasteiger partial charge in [0.2, 0.25) is 0 Å². The Kier molecular flexibility index (Phi) is 4.88. The van der Waals surface area contributed by atoms with Crippen LogP contribution < -0.4 is 10.6 Å². The molecule has 6 heteroatoms. The molecule has 1 heterocycles. The maximum atomic E-state index is 10.8. The average Bonchev–Trinajstić information content (AvgIpc) is 2.25. The number of carboxylic acid groups (broad SMARTS) is 1. The van der Waals surface area contributed by atoms with Gasteiger partial charge in [0.25, 0.3) is 0 Å². The Labute approximate surface area is 107 Å². The van der Waals surface area contributed by atoms with Gasteiger partial charge in [0.15, 0.2) is 0 Å². The van der Waals surface area contributed by atoms with Crippen molar-refractivity contribution in [2.24, 2.45) is 5.92 Å². The Hall–Kier alpha value is -1.85. The van der Waals surface area contributed by atoms with Gasteiger partial charge in [-0.05, 0) is 19.8 Å². The topological polar surface area (TPSA) is 87.1 Å². The zero-order chi connectivity index (χ0) is 13.7. The first-order valence-corrected chi connectivity index (χ1v) is 5.97. The normalized spacial score (nSPS) is 12.3. The molecule has 0 aliphatic rings. The fraction of sp³-hybridized carbons (Fsp3) is 0.583. The van der Waals surface area contributed by atoms with Crippen molar-refractivity contribution < 1.29 is 9.90 Å².